The Balaban J connectivity index is 0.905. The first-order valence-electron chi connectivity index (χ1n) is 21.3. The Bertz CT molecular complexity index is 3040. The highest BCUT2D eigenvalue weighted by molar-refractivity contribution is 6.09. The SMILES string of the molecule is c1ccc2c(c1)-c1ccc(-c3ccc(N(c4ccc(-c5cccc6c5oc5ccccc56)cc4)c4cccc5ccccc45)cc3)cc1C21C2CC3CC(C2)CC1C3. The van der Waals surface area contributed by atoms with E-state index >= 15 is 0 Å². The van der Waals surface area contributed by atoms with Crippen LogP contribution in [0.4, 0.5) is 17.1 Å². The molecule has 2 nitrogen and oxygen atoms in total. The van der Waals surface area contributed by atoms with Crippen LogP contribution in [0.25, 0.3) is 66.1 Å². The highest BCUT2D eigenvalue weighted by atomic mass is 16.3. The minimum atomic E-state index is 0.169. The van der Waals surface area contributed by atoms with E-state index in [0.717, 1.165) is 73.8 Å². The van der Waals surface area contributed by atoms with E-state index in [4.69, 9.17) is 4.42 Å². The quantitative estimate of drug-likeness (QED) is 0.174. The van der Waals surface area contributed by atoms with Crippen LogP contribution < -0.4 is 4.90 Å². The largest absolute Gasteiger partial charge is 0.455 e. The van der Waals surface area contributed by atoms with Gasteiger partial charge in [0, 0.05) is 38.5 Å². The number of furan rings is 1. The van der Waals surface area contributed by atoms with Gasteiger partial charge in [-0.2, -0.15) is 0 Å². The molecule has 1 spiro atoms. The Morgan fingerprint density at radius 1 is 0.431 bits per heavy atom. The molecular weight excluding hydrogens is 703 g/mol. The van der Waals surface area contributed by atoms with Crippen LogP contribution in [0.15, 0.2) is 180 Å². The molecule has 278 valence electrons. The Labute approximate surface area is 339 Å². The molecule has 0 aliphatic heterocycles. The zero-order chi connectivity index (χ0) is 38.0. The van der Waals surface area contributed by atoms with Gasteiger partial charge in [-0.05, 0) is 143 Å². The number of benzene rings is 8. The van der Waals surface area contributed by atoms with Crippen molar-refractivity contribution in [3.63, 3.8) is 0 Å². The summed E-state index contributed by atoms with van der Waals surface area (Å²) in [5, 5.41) is 4.76. The zero-order valence-corrected chi connectivity index (χ0v) is 32.4. The molecule has 4 fully saturated rings. The fourth-order valence-corrected chi connectivity index (χ4v) is 12.7. The monoisotopic (exact) mass is 745 g/mol. The van der Waals surface area contributed by atoms with Crippen LogP contribution in [0.5, 0.6) is 0 Å². The van der Waals surface area contributed by atoms with Crippen molar-refractivity contribution in [2.75, 3.05) is 4.90 Å². The van der Waals surface area contributed by atoms with Gasteiger partial charge in [0.1, 0.15) is 11.2 Å². The van der Waals surface area contributed by atoms with E-state index in [2.05, 4.69) is 175 Å². The fourth-order valence-electron chi connectivity index (χ4n) is 12.7. The van der Waals surface area contributed by atoms with Crippen molar-refractivity contribution in [1.29, 1.82) is 0 Å². The van der Waals surface area contributed by atoms with Crippen LogP contribution >= 0.6 is 0 Å². The predicted octanol–water partition coefficient (Wildman–Crippen LogP) is 15.3. The molecule has 0 N–H and O–H groups in total. The molecule has 0 radical (unpaired) electrons. The van der Waals surface area contributed by atoms with Crippen LogP contribution in [0.2, 0.25) is 0 Å². The minimum Gasteiger partial charge on any atom is -0.455 e. The van der Waals surface area contributed by atoms with Gasteiger partial charge in [-0.15, -0.1) is 0 Å². The lowest BCUT2D eigenvalue weighted by Gasteiger charge is -2.61. The maximum Gasteiger partial charge on any atom is 0.143 e. The van der Waals surface area contributed by atoms with Gasteiger partial charge in [-0.1, -0.05) is 133 Å². The molecule has 0 atom stereocenters. The van der Waals surface area contributed by atoms with Gasteiger partial charge < -0.3 is 9.32 Å². The second-order valence-corrected chi connectivity index (χ2v) is 17.7. The van der Waals surface area contributed by atoms with Gasteiger partial charge in [0.2, 0.25) is 0 Å². The number of para-hydroxylation sites is 2. The number of hydrogen-bond donors (Lipinski definition) is 0. The van der Waals surface area contributed by atoms with E-state index < -0.39 is 0 Å². The van der Waals surface area contributed by atoms with Crippen LogP contribution in [-0.4, -0.2) is 0 Å². The number of rotatable bonds is 5. The molecular formula is C56H43NO. The van der Waals surface area contributed by atoms with E-state index in [1.807, 2.05) is 6.07 Å². The molecule has 0 amide bonds. The highest BCUT2D eigenvalue weighted by Crippen LogP contribution is 2.69. The molecule has 9 aromatic rings. The van der Waals surface area contributed by atoms with E-state index in [9.17, 15) is 0 Å². The molecule has 14 rings (SSSR count). The molecule has 4 saturated carbocycles. The summed E-state index contributed by atoms with van der Waals surface area (Å²) in [5.41, 5.74) is 16.5. The summed E-state index contributed by atoms with van der Waals surface area (Å²) in [6, 6.07) is 65.3. The van der Waals surface area contributed by atoms with Crippen molar-refractivity contribution >= 4 is 49.8 Å². The molecule has 5 aliphatic rings. The standard InChI is InChI=1S/C56H43NO/c1-2-11-45-38(9-1)10-7-17-53(45)57(44-26-21-39(22-27-44)46-14-8-15-50-49-13-4-6-18-54(49)58-55(46)50)43-24-19-37(20-25-43)40-23-28-48-47-12-3-5-16-51(47)56(52(48)34-40)41-30-35-29-36(32-41)33-42(56)31-35/h1-28,34-36,41-42H,29-33H2. The van der Waals surface area contributed by atoms with Crippen LogP contribution in [0.1, 0.15) is 43.2 Å². The summed E-state index contributed by atoms with van der Waals surface area (Å²) in [7, 11) is 0. The summed E-state index contributed by atoms with van der Waals surface area (Å²) in [4.78, 5) is 2.42. The molecule has 0 saturated heterocycles. The van der Waals surface area contributed by atoms with E-state index in [-0.39, 0.29) is 5.41 Å². The second kappa shape index (κ2) is 12.3. The Morgan fingerprint density at radius 2 is 1.02 bits per heavy atom. The fraction of sp³-hybridized carbons (Fsp3) is 0.179. The van der Waals surface area contributed by atoms with Crippen molar-refractivity contribution < 1.29 is 4.42 Å². The van der Waals surface area contributed by atoms with Crippen molar-refractivity contribution in [2.24, 2.45) is 23.7 Å². The number of hydrogen-bond acceptors (Lipinski definition) is 2. The first kappa shape index (κ1) is 32.7. The Kier molecular flexibility index (Phi) is 6.94. The van der Waals surface area contributed by atoms with Crippen LogP contribution in [0.3, 0.4) is 0 Å². The molecule has 5 aliphatic carbocycles. The maximum atomic E-state index is 6.44. The average molecular weight is 746 g/mol. The summed E-state index contributed by atoms with van der Waals surface area (Å²) in [5.74, 6) is 3.39. The van der Waals surface area contributed by atoms with E-state index in [0.29, 0.717) is 0 Å². The van der Waals surface area contributed by atoms with Gasteiger partial charge in [0.05, 0.1) is 5.69 Å². The molecule has 8 aromatic carbocycles. The first-order chi connectivity index (χ1) is 28.7. The zero-order valence-electron chi connectivity index (χ0n) is 32.4. The third kappa shape index (κ3) is 4.60. The molecule has 58 heavy (non-hydrogen) atoms. The van der Waals surface area contributed by atoms with Crippen molar-refractivity contribution in [3.8, 4) is 33.4 Å². The minimum absolute atomic E-state index is 0.169. The third-order valence-corrected chi connectivity index (χ3v) is 14.9. The lowest BCUT2D eigenvalue weighted by Crippen LogP contribution is -2.55. The molecule has 0 unspecified atom stereocenters. The van der Waals surface area contributed by atoms with Gasteiger partial charge in [-0.3, -0.25) is 0 Å². The molecule has 1 heterocycles. The normalized spacial score (nSPS) is 22.6. The topological polar surface area (TPSA) is 16.4 Å². The summed E-state index contributed by atoms with van der Waals surface area (Å²) >= 11 is 0. The summed E-state index contributed by atoms with van der Waals surface area (Å²) < 4.78 is 6.44. The number of anilines is 3. The number of nitrogens with zero attached hydrogens (tertiary/aromatic N) is 1. The van der Waals surface area contributed by atoms with Crippen LogP contribution in [0, 0.1) is 23.7 Å². The van der Waals surface area contributed by atoms with E-state index in [1.54, 1.807) is 11.1 Å². The van der Waals surface area contributed by atoms with Gasteiger partial charge >= 0.3 is 0 Å². The van der Waals surface area contributed by atoms with Crippen molar-refractivity contribution in [1.82, 2.24) is 0 Å². The Morgan fingerprint density at radius 3 is 1.81 bits per heavy atom. The molecule has 4 bridgehead atoms. The second-order valence-electron chi connectivity index (χ2n) is 17.7. The van der Waals surface area contributed by atoms with Gasteiger partial charge in [-0.25, -0.2) is 0 Å². The molecule has 2 heteroatoms. The average Bonchev–Trinajstić information content (AvgIpc) is 3.80. The lowest BCUT2D eigenvalue weighted by atomic mass is 9.43. The van der Waals surface area contributed by atoms with Crippen molar-refractivity contribution in [2.45, 2.75) is 37.5 Å². The van der Waals surface area contributed by atoms with Gasteiger partial charge in [0.15, 0.2) is 0 Å². The summed E-state index contributed by atoms with van der Waals surface area (Å²) in [6.07, 6.45) is 7.09. The Hall–Kier alpha value is -6.38. The van der Waals surface area contributed by atoms with Crippen molar-refractivity contribution in [3.05, 3.63) is 187 Å². The maximum absolute atomic E-state index is 6.44. The predicted molar refractivity (Wildman–Crippen MR) is 240 cm³/mol. The molecule has 1 aromatic heterocycles. The highest BCUT2D eigenvalue weighted by Gasteiger charge is 2.61. The smallest absolute Gasteiger partial charge is 0.143 e. The van der Waals surface area contributed by atoms with E-state index in [1.165, 1.54) is 65.1 Å². The lowest BCUT2D eigenvalue weighted by molar-refractivity contribution is -0.0399. The van der Waals surface area contributed by atoms with Crippen LogP contribution in [-0.2, 0) is 5.41 Å². The first-order valence-corrected chi connectivity index (χ1v) is 21.3. The van der Waals surface area contributed by atoms with Gasteiger partial charge in [0.25, 0.3) is 0 Å². The third-order valence-electron chi connectivity index (χ3n) is 14.9. The summed E-state index contributed by atoms with van der Waals surface area (Å²) in [6.45, 7) is 0. The number of fused-ring (bicyclic) bond motifs is 7.